The fourth-order valence-corrected chi connectivity index (χ4v) is 3.49. The van der Waals surface area contributed by atoms with Gasteiger partial charge in [0.05, 0.1) is 11.0 Å². The molecule has 4 rings (SSSR count). The van der Waals surface area contributed by atoms with E-state index in [0.29, 0.717) is 18.0 Å². The molecule has 0 saturated carbocycles. The number of anilines is 1. The number of amides is 1. The van der Waals surface area contributed by atoms with Crippen molar-refractivity contribution in [2.75, 3.05) is 11.4 Å². The van der Waals surface area contributed by atoms with Gasteiger partial charge in [-0.1, -0.05) is 29.8 Å². The average molecular weight is 326 g/mol. The molecular formula is C18H16ClN3O. The summed E-state index contributed by atoms with van der Waals surface area (Å²) in [5, 5.41) is 0.640. The predicted octanol–water partition coefficient (Wildman–Crippen LogP) is 3.75. The van der Waals surface area contributed by atoms with E-state index in [9.17, 15) is 4.79 Å². The van der Waals surface area contributed by atoms with Gasteiger partial charge < -0.3 is 9.47 Å². The van der Waals surface area contributed by atoms with E-state index in [1.165, 1.54) is 0 Å². The van der Waals surface area contributed by atoms with Crippen LogP contribution in [0.15, 0.2) is 48.5 Å². The second kappa shape index (κ2) is 5.39. The van der Waals surface area contributed by atoms with Crippen molar-refractivity contribution in [3.8, 4) is 0 Å². The minimum Gasteiger partial charge on any atom is -0.331 e. The molecule has 0 radical (unpaired) electrons. The first kappa shape index (κ1) is 14.3. The Labute approximate surface area is 139 Å². The second-order valence-electron chi connectivity index (χ2n) is 5.90. The maximum Gasteiger partial charge on any atom is 0.227 e. The van der Waals surface area contributed by atoms with Gasteiger partial charge in [-0.3, -0.25) is 4.79 Å². The van der Waals surface area contributed by atoms with Gasteiger partial charge in [0.2, 0.25) is 5.91 Å². The molecule has 4 nitrogen and oxygen atoms in total. The van der Waals surface area contributed by atoms with Crippen LogP contribution < -0.4 is 4.90 Å². The van der Waals surface area contributed by atoms with Crippen molar-refractivity contribution in [3.05, 3.63) is 59.4 Å². The summed E-state index contributed by atoms with van der Waals surface area (Å²) in [6.07, 6.45) is 0.476. The van der Waals surface area contributed by atoms with E-state index in [0.717, 1.165) is 22.5 Å². The summed E-state index contributed by atoms with van der Waals surface area (Å²) in [6.45, 7) is 0.635. The van der Waals surface area contributed by atoms with Gasteiger partial charge in [-0.05, 0) is 30.3 Å². The molecule has 2 heterocycles. The minimum absolute atomic E-state index is 0.0962. The molecule has 116 valence electrons. The monoisotopic (exact) mass is 325 g/mol. The van der Waals surface area contributed by atoms with Crippen molar-refractivity contribution in [1.29, 1.82) is 0 Å². The Morgan fingerprint density at radius 1 is 1.17 bits per heavy atom. The number of aromatic nitrogens is 2. The average Bonchev–Trinajstić information content (AvgIpc) is 3.09. The van der Waals surface area contributed by atoms with Crippen molar-refractivity contribution in [2.45, 2.75) is 12.3 Å². The first-order chi connectivity index (χ1) is 11.1. The highest BCUT2D eigenvalue weighted by Gasteiger charge is 2.34. The molecule has 1 unspecified atom stereocenters. The molecule has 0 bridgehead atoms. The zero-order chi connectivity index (χ0) is 16.0. The fraction of sp³-hybridized carbons (Fsp3) is 0.222. The van der Waals surface area contributed by atoms with E-state index >= 15 is 0 Å². The maximum absolute atomic E-state index is 12.4. The van der Waals surface area contributed by atoms with E-state index < -0.39 is 0 Å². The van der Waals surface area contributed by atoms with Crippen LogP contribution in [0.1, 0.15) is 18.2 Å². The minimum atomic E-state index is 0.0962. The largest absolute Gasteiger partial charge is 0.331 e. The molecule has 1 atom stereocenters. The number of carbonyl (C=O) groups excluding carboxylic acids is 1. The highest BCUT2D eigenvalue weighted by molar-refractivity contribution is 6.30. The molecule has 1 aliphatic rings. The van der Waals surface area contributed by atoms with Gasteiger partial charge in [0, 0.05) is 36.6 Å². The second-order valence-corrected chi connectivity index (χ2v) is 6.34. The lowest BCUT2D eigenvalue weighted by atomic mass is 10.1. The summed E-state index contributed by atoms with van der Waals surface area (Å²) in [4.78, 5) is 19.0. The van der Waals surface area contributed by atoms with E-state index in [1.807, 2.05) is 49.5 Å². The lowest BCUT2D eigenvalue weighted by Crippen LogP contribution is -2.24. The molecule has 1 fully saturated rings. The van der Waals surface area contributed by atoms with E-state index in [4.69, 9.17) is 16.6 Å². The number of nitrogens with zero attached hydrogens (tertiary/aromatic N) is 3. The summed E-state index contributed by atoms with van der Waals surface area (Å²) in [7, 11) is 2.01. The van der Waals surface area contributed by atoms with Gasteiger partial charge in [0.1, 0.15) is 5.82 Å². The number of imidazole rings is 1. The molecule has 0 spiro atoms. The topological polar surface area (TPSA) is 38.1 Å². The molecule has 3 aromatic rings. The third kappa shape index (κ3) is 2.39. The molecule has 1 aromatic heterocycles. The van der Waals surface area contributed by atoms with E-state index in [1.54, 1.807) is 4.90 Å². The Bertz CT molecular complexity index is 902. The normalized spacial score (nSPS) is 18.1. The van der Waals surface area contributed by atoms with Crippen LogP contribution in [0.3, 0.4) is 0 Å². The van der Waals surface area contributed by atoms with Crippen LogP contribution in [-0.2, 0) is 11.8 Å². The molecule has 5 heteroatoms. The van der Waals surface area contributed by atoms with Crippen molar-refractivity contribution in [2.24, 2.45) is 7.05 Å². The Hall–Kier alpha value is -2.33. The van der Waals surface area contributed by atoms with Crippen LogP contribution >= 0.6 is 11.6 Å². The molecule has 0 aliphatic carbocycles. The third-order valence-corrected chi connectivity index (χ3v) is 4.67. The summed E-state index contributed by atoms with van der Waals surface area (Å²) < 4.78 is 2.09. The number of carbonyl (C=O) groups is 1. The molecule has 2 aromatic carbocycles. The van der Waals surface area contributed by atoms with Gasteiger partial charge in [0.15, 0.2) is 0 Å². The van der Waals surface area contributed by atoms with Crippen LogP contribution in [0.2, 0.25) is 5.02 Å². The lowest BCUT2D eigenvalue weighted by molar-refractivity contribution is -0.117. The van der Waals surface area contributed by atoms with Crippen molar-refractivity contribution < 1.29 is 4.79 Å². The van der Waals surface area contributed by atoms with E-state index in [-0.39, 0.29) is 11.8 Å². The standard InChI is InChI=1S/C18H16ClN3O/c1-21-16-8-3-2-7-15(16)20-18(21)12-9-17(23)22(11-12)14-6-4-5-13(19)10-14/h2-8,10,12H,9,11H2,1H3. The lowest BCUT2D eigenvalue weighted by Gasteiger charge is -2.17. The third-order valence-electron chi connectivity index (χ3n) is 4.43. The van der Waals surface area contributed by atoms with E-state index in [2.05, 4.69) is 10.6 Å². The molecule has 1 amide bonds. The summed E-state index contributed by atoms with van der Waals surface area (Å²) in [5.41, 5.74) is 2.92. The van der Waals surface area contributed by atoms with Crippen LogP contribution in [0.5, 0.6) is 0 Å². The van der Waals surface area contributed by atoms with Gasteiger partial charge in [-0.15, -0.1) is 0 Å². The van der Waals surface area contributed by atoms with Gasteiger partial charge >= 0.3 is 0 Å². The fourth-order valence-electron chi connectivity index (χ4n) is 3.30. The van der Waals surface area contributed by atoms with Crippen LogP contribution in [0, 0.1) is 0 Å². The Kier molecular flexibility index (Phi) is 3.34. The number of benzene rings is 2. The highest BCUT2D eigenvalue weighted by atomic mass is 35.5. The Balaban J connectivity index is 1.69. The number of hydrogen-bond acceptors (Lipinski definition) is 2. The number of rotatable bonds is 2. The maximum atomic E-state index is 12.4. The van der Waals surface area contributed by atoms with Crippen molar-refractivity contribution in [3.63, 3.8) is 0 Å². The molecule has 1 aliphatic heterocycles. The number of para-hydroxylation sites is 2. The Morgan fingerprint density at radius 3 is 2.78 bits per heavy atom. The number of hydrogen-bond donors (Lipinski definition) is 0. The first-order valence-electron chi connectivity index (χ1n) is 7.61. The smallest absolute Gasteiger partial charge is 0.227 e. The van der Waals surface area contributed by atoms with Crippen LogP contribution in [0.25, 0.3) is 11.0 Å². The van der Waals surface area contributed by atoms with Crippen LogP contribution in [-0.4, -0.2) is 22.0 Å². The molecule has 23 heavy (non-hydrogen) atoms. The summed E-state index contributed by atoms with van der Waals surface area (Å²) in [5.74, 6) is 1.17. The zero-order valence-electron chi connectivity index (χ0n) is 12.7. The quantitative estimate of drug-likeness (QED) is 0.719. The number of aryl methyl sites for hydroxylation is 1. The first-order valence-corrected chi connectivity index (χ1v) is 7.98. The van der Waals surface area contributed by atoms with Crippen molar-refractivity contribution in [1.82, 2.24) is 9.55 Å². The van der Waals surface area contributed by atoms with Crippen LogP contribution in [0.4, 0.5) is 5.69 Å². The molecule has 0 N–H and O–H groups in total. The summed E-state index contributed by atoms with van der Waals surface area (Å²) in [6, 6.07) is 15.5. The van der Waals surface area contributed by atoms with Gasteiger partial charge in [-0.2, -0.15) is 0 Å². The molecule has 1 saturated heterocycles. The zero-order valence-corrected chi connectivity index (χ0v) is 13.5. The predicted molar refractivity (Wildman–Crippen MR) is 91.9 cm³/mol. The van der Waals surface area contributed by atoms with Gasteiger partial charge in [-0.25, -0.2) is 4.98 Å². The number of fused-ring (bicyclic) bond motifs is 1. The Morgan fingerprint density at radius 2 is 2.00 bits per heavy atom. The SMILES string of the molecule is Cn1c(C2CC(=O)N(c3cccc(Cl)c3)C2)nc2ccccc21. The van der Waals surface area contributed by atoms with Gasteiger partial charge in [0.25, 0.3) is 0 Å². The number of halogens is 1. The summed E-state index contributed by atoms with van der Waals surface area (Å²) >= 11 is 6.05. The highest BCUT2D eigenvalue weighted by Crippen LogP contribution is 2.33. The molecular weight excluding hydrogens is 310 g/mol. The van der Waals surface area contributed by atoms with Crippen molar-refractivity contribution >= 4 is 34.2 Å².